The monoisotopic (exact) mass is 384 g/mol. The minimum atomic E-state index is -0.485. The molecule has 0 spiro atoms. The molecule has 0 aromatic heterocycles. The van der Waals surface area contributed by atoms with Gasteiger partial charge in [0.1, 0.15) is 5.82 Å². The fourth-order valence-corrected chi connectivity index (χ4v) is 2.73. The van der Waals surface area contributed by atoms with Crippen LogP contribution in [0.15, 0.2) is 40.9 Å². The number of aryl methyl sites for hydroxylation is 1. The van der Waals surface area contributed by atoms with Crippen molar-refractivity contribution < 1.29 is 9.18 Å². The maximum absolute atomic E-state index is 13.8. The minimum absolute atomic E-state index is 0.0953. The number of halogens is 3. The molecule has 0 aliphatic heterocycles. The second-order valence-corrected chi connectivity index (χ2v) is 5.68. The van der Waals surface area contributed by atoms with Crippen LogP contribution in [0, 0.1) is 12.7 Å². The summed E-state index contributed by atoms with van der Waals surface area (Å²) in [4.78, 5) is 12.3. The van der Waals surface area contributed by atoms with Gasteiger partial charge in [-0.15, -0.1) is 0 Å². The summed E-state index contributed by atoms with van der Waals surface area (Å²) in [6.45, 7) is 1.79. The summed E-state index contributed by atoms with van der Waals surface area (Å²) >= 11 is 6.71. The lowest BCUT2D eigenvalue weighted by Crippen LogP contribution is -2.05. The quantitative estimate of drug-likeness (QED) is 0.535. The van der Waals surface area contributed by atoms with Gasteiger partial charge < -0.3 is 0 Å². The summed E-state index contributed by atoms with van der Waals surface area (Å²) in [5.41, 5.74) is 2.40. The first-order valence-corrected chi connectivity index (χ1v) is 7.59. The van der Waals surface area contributed by atoms with E-state index in [1.54, 1.807) is 19.1 Å². The molecule has 2 aromatic carbocycles. The van der Waals surface area contributed by atoms with Crippen molar-refractivity contribution in [2.75, 3.05) is 0 Å². The molecule has 0 amide bonds. The topological polar surface area (TPSA) is 17.1 Å². The van der Waals surface area contributed by atoms with Crippen LogP contribution in [0.4, 0.5) is 4.39 Å². The van der Waals surface area contributed by atoms with E-state index < -0.39 is 5.82 Å². The molecule has 2 rings (SSSR count). The predicted molar refractivity (Wildman–Crippen MR) is 81.3 cm³/mol. The molecule has 1 nitrogen and oxygen atoms in total. The maximum atomic E-state index is 13.8. The van der Waals surface area contributed by atoms with E-state index in [1.165, 1.54) is 12.1 Å². The number of hydrogen-bond acceptors (Lipinski definition) is 1. The zero-order valence-electron chi connectivity index (χ0n) is 10.2. The summed E-state index contributed by atoms with van der Waals surface area (Å²) in [5.74, 6) is -0.799. The zero-order chi connectivity index (χ0) is 14.0. The SMILES string of the molecule is Cc1ccc(C(=O)c2ccc(CBr)cc2Br)c(F)c1. The van der Waals surface area contributed by atoms with Crippen molar-refractivity contribution in [1.82, 2.24) is 0 Å². The number of benzene rings is 2. The Balaban J connectivity index is 2.44. The van der Waals surface area contributed by atoms with Crippen molar-refractivity contribution in [2.24, 2.45) is 0 Å². The van der Waals surface area contributed by atoms with Crippen LogP contribution in [-0.2, 0) is 5.33 Å². The van der Waals surface area contributed by atoms with Crippen LogP contribution in [0.25, 0.3) is 0 Å². The van der Waals surface area contributed by atoms with Crippen LogP contribution in [0.2, 0.25) is 0 Å². The lowest BCUT2D eigenvalue weighted by Gasteiger charge is -2.07. The van der Waals surface area contributed by atoms with Crippen molar-refractivity contribution in [3.05, 3.63) is 68.9 Å². The highest BCUT2D eigenvalue weighted by atomic mass is 79.9. The summed E-state index contributed by atoms with van der Waals surface area (Å²) in [6.07, 6.45) is 0. The average Bonchev–Trinajstić information content (AvgIpc) is 2.37. The predicted octanol–water partition coefficient (Wildman–Crippen LogP) is 5.02. The second kappa shape index (κ2) is 5.97. The number of carbonyl (C=O) groups is 1. The fraction of sp³-hybridized carbons (Fsp3) is 0.133. The highest BCUT2D eigenvalue weighted by molar-refractivity contribution is 9.10. The Morgan fingerprint density at radius 2 is 1.84 bits per heavy atom. The van der Waals surface area contributed by atoms with Crippen LogP contribution in [-0.4, -0.2) is 5.78 Å². The van der Waals surface area contributed by atoms with E-state index in [2.05, 4.69) is 31.9 Å². The molecule has 2 aromatic rings. The molecule has 0 saturated carbocycles. The van der Waals surface area contributed by atoms with E-state index in [0.717, 1.165) is 11.1 Å². The lowest BCUT2D eigenvalue weighted by atomic mass is 10.0. The normalized spacial score (nSPS) is 10.5. The highest BCUT2D eigenvalue weighted by Gasteiger charge is 2.16. The van der Waals surface area contributed by atoms with E-state index in [9.17, 15) is 9.18 Å². The molecule has 0 aliphatic rings. The fourth-order valence-electron chi connectivity index (χ4n) is 1.78. The molecule has 0 saturated heterocycles. The maximum Gasteiger partial charge on any atom is 0.197 e. The Hall–Kier alpha value is -1.000. The van der Waals surface area contributed by atoms with Crippen molar-refractivity contribution in [2.45, 2.75) is 12.3 Å². The van der Waals surface area contributed by atoms with Crippen molar-refractivity contribution in [1.29, 1.82) is 0 Å². The van der Waals surface area contributed by atoms with Crippen LogP contribution < -0.4 is 0 Å². The molecule has 0 unspecified atom stereocenters. The lowest BCUT2D eigenvalue weighted by molar-refractivity contribution is 0.103. The van der Waals surface area contributed by atoms with Crippen LogP contribution in [0.3, 0.4) is 0 Å². The molecule has 0 heterocycles. The van der Waals surface area contributed by atoms with Crippen LogP contribution >= 0.6 is 31.9 Å². The van der Waals surface area contributed by atoms with Gasteiger partial charge in [-0.2, -0.15) is 0 Å². The van der Waals surface area contributed by atoms with Gasteiger partial charge in [-0.3, -0.25) is 4.79 Å². The summed E-state index contributed by atoms with van der Waals surface area (Å²) in [7, 11) is 0. The van der Waals surface area contributed by atoms with E-state index in [1.807, 2.05) is 12.1 Å². The van der Waals surface area contributed by atoms with Gasteiger partial charge in [-0.25, -0.2) is 4.39 Å². The third-order valence-electron chi connectivity index (χ3n) is 2.80. The minimum Gasteiger partial charge on any atom is -0.288 e. The zero-order valence-corrected chi connectivity index (χ0v) is 13.4. The number of rotatable bonds is 3. The van der Waals surface area contributed by atoms with Crippen LogP contribution in [0.5, 0.6) is 0 Å². The van der Waals surface area contributed by atoms with Gasteiger partial charge in [-0.1, -0.05) is 44.0 Å². The first-order valence-electron chi connectivity index (χ1n) is 5.68. The first-order chi connectivity index (χ1) is 9.02. The summed E-state index contributed by atoms with van der Waals surface area (Å²) in [5, 5.41) is 0.707. The van der Waals surface area contributed by atoms with Gasteiger partial charge >= 0.3 is 0 Å². The molecular weight excluding hydrogens is 375 g/mol. The Morgan fingerprint density at radius 1 is 1.16 bits per heavy atom. The number of alkyl halides is 1. The van der Waals surface area contributed by atoms with Gasteiger partial charge in [0.25, 0.3) is 0 Å². The van der Waals surface area contributed by atoms with Crippen molar-refractivity contribution in [3.8, 4) is 0 Å². The van der Waals surface area contributed by atoms with Crippen LogP contribution in [0.1, 0.15) is 27.0 Å². The van der Waals surface area contributed by atoms with Gasteiger partial charge in [0.2, 0.25) is 0 Å². The Labute approximate surface area is 128 Å². The number of ketones is 1. The van der Waals surface area contributed by atoms with Gasteiger partial charge in [0.15, 0.2) is 5.78 Å². The van der Waals surface area contributed by atoms with Gasteiger partial charge in [0, 0.05) is 15.4 Å². The molecule has 19 heavy (non-hydrogen) atoms. The third kappa shape index (κ3) is 3.12. The van der Waals surface area contributed by atoms with E-state index in [0.29, 0.717) is 15.4 Å². The molecule has 4 heteroatoms. The Bertz CT molecular complexity index is 638. The van der Waals surface area contributed by atoms with E-state index in [-0.39, 0.29) is 11.3 Å². The largest absolute Gasteiger partial charge is 0.288 e. The highest BCUT2D eigenvalue weighted by Crippen LogP contribution is 2.24. The summed E-state index contributed by atoms with van der Waals surface area (Å²) < 4.78 is 14.5. The molecule has 0 fully saturated rings. The average molecular weight is 386 g/mol. The molecular formula is C15H11Br2FO. The smallest absolute Gasteiger partial charge is 0.197 e. The molecule has 0 bridgehead atoms. The number of hydrogen-bond donors (Lipinski definition) is 0. The third-order valence-corrected chi connectivity index (χ3v) is 4.11. The first kappa shape index (κ1) is 14.4. The standard InChI is InChI=1S/C15H11Br2FO/c1-9-2-4-12(14(18)6-9)15(19)11-5-3-10(8-16)7-13(11)17/h2-7H,8H2,1H3. The van der Waals surface area contributed by atoms with E-state index >= 15 is 0 Å². The van der Waals surface area contributed by atoms with Gasteiger partial charge in [0.05, 0.1) is 5.56 Å². The van der Waals surface area contributed by atoms with Crippen molar-refractivity contribution >= 4 is 37.6 Å². The Kier molecular flexibility index (Phi) is 4.53. The molecule has 0 radical (unpaired) electrons. The van der Waals surface area contributed by atoms with Gasteiger partial charge in [-0.05, 0) is 42.3 Å². The Morgan fingerprint density at radius 3 is 2.42 bits per heavy atom. The molecule has 98 valence electrons. The molecule has 0 atom stereocenters. The van der Waals surface area contributed by atoms with E-state index in [4.69, 9.17) is 0 Å². The molecule has 0 aliphatic carbocycles. The second-order valence-electron chi connectivity index (χ2n) is 4.26. The summed E-state index contributed by atoms with van der Waals surface area (Å²) in [6, 6.07) is 10.0. The number of carbonyl (C=O) groups excluding carboxylic acids is 1. The van der Waals surface area contributed by atoms with Crippen molar-refractivity contribution in [3.63, 3.8) is 0 Å². The molecule has 0 N–H and O–H groups in total.